The lowest BCUT2D eigenvalue weighted by atomic mass is 9.83. The van der Waals surface area contributed by atoms with E-state index in [9.17, 15) is 10.1 Å². The van der Waals surface area contributed by atoms with Crippen LogP contribution >= 0.6 is 11.8 Å². The molecule has 0 aliphatic heterocycles. The van der Waals surface area contributed by atoms with Crippen LogP contribution in [-0.4, -0.2) is 31.5 Å². The Balaban J connectivity index is 1.62. The van der Waals surface area contributed by atoms with Crippen LogP contribution in [0.3, 0.4) is 0 Å². The molecule has 0 bridgehead atoms. The lowest BCUT2D eigenvalue weighted by Crippen LogP contribution is -2.50. The average molecular weight is 355 g/mol. The van der Waals surface area contributed by atoms with Crippen molar-refractivity contribution < 1.29 is 4.79 Å². The Labute approximate surface area is 151 Å². The molecule has 1 atom stereocenters. The van der Waals surface area contributed by atoms with E-state index >= 15 is 0 Å². The third-order valence-electron chi connectivity index (χ3n) is 4.43. The van der Waals surface area contributed by atoms with Crippen LogP contribution in [0, 0.1) is 11.3 Å². The first kappa shape index (κ1) is 17.5. The molecule has 1 aromatic heterocycles. The molecule has 0 radical (unpaired) electrons. The molecule has 1 unspecified atom stereocenters. The van der Waals surface area contributed by atoms with E-state index in [-0.39, 0.29) is 11.2 Å². The second-order valence-corrected chi connectivity index (χ2v) is 7.62. The minimum Gasteiger partial charge on any atom is -0.337 e. The summed E-state index contributed by atoms with van der Waals surface area (Å²) in [5, 5.41) is 17.0. The molecular weight excluding hydrogens is 334 g/mol. The smallest absolute Gasteiger partial charge is 0.234 e. The Bertz CT molecular complexity index is 761. The summed E-state index contributed by atoms with van der Waals surface area (Å²) in [4.78, 5) is 16.8. The molecule has 130 valence electrons. The van der Waals surface area contributed by atoms with Crippen molar-refractivity contribution in [3.05, 3.63) is 36.7 Å². The summed E-state index contributed by atoms with van der Waals surface area (Å²) in [5.41, 5.74) is 0.214. The Morgan fingerprint density at radius 3 is 2.72 bits per heavy atom. The minimum atomic E-state index is -0.707. The van der Waals surface area contributed by atoms with Crippen LogP contribution in [0.2, 0.25) is 0 Å². The number of para-hydroxylation sites is 1. The molecule has 1 heterocycles. The van der Waals surface area contributed by atoms with Gasteiger partial charge in [-0.05, 0) is 31.9 Å². The van der Waals surface area contributed by atoms with Gasteiger partial charge in [0, 0.05) is 0 Å². The number of nitrogens with zero attached hydrogens (tertiary/aromatic N) is 4. The Hall–Kier alpha value is -2.33. The zero-order valence-corrected chi connectivity index (χ0v) is 15.0. The molecule has 1 aliphatic carbocycles. The molecule has 0 saturated heterocycles. The third kappa shape index (κ3) is 4.20. The van der Waals surface area contributed by atoms with Gasteiger partial charge in [0.2, 0.25) is 11.1 Å². The predicted molar refractivity (Wildman–Crippen MR) is 96.2 cm³/mol. The zero-order valence-electron chi connectivity index (χ0n) is 14.2. The number of aromatic nitrogens is 3. The fraction of sp³-hybridized carbons (Fsp3) is 0.444. The third-order valence-corrected chi connectivity index (χ3v) is 5.39. The molecule has 1 fully saturated rings. The highest BCUT2D eigenvalue weighted by molar-refractivity contribution is 8.00. The molecule has 1 aliphatic rings. The predicted octanol–water partition coefficient (Wildman–Crippen LogP) is 3.09. The summed E-state index contributed by atoms with van der Waals surface area (Å²) in [7, 11) is 0. The van der Waals surface area contributed by atoms with E-state index in [2.05, 4.69) is 21.5 Å². The maximum absolute atomic E-state index is 12.5. The normalized spacial score (nSPS) is 17.4. The number of amides is 1. The number of rotatable bonds is 5. The molecule has 1 aromatic carbocycles. The van der Waals surface area contributed by atoms with Crippen molar-refractivity contribution in [1.29, 1.82) is 5.26 Å². The number of hydrogen-bond acceptors (Lipinski definition) is 5. The standard InChI is InChI=1S/C18H21N5OS/c1-14(16(24)21-18(12-19)10-6-3-7-11-18)25-17-20-13-23(22-17)15-8-4-2-5-9-15/h2,4-5,8-9,13-14H,3,6-7,10-11H2,1H3,(H,21,24). The van der Waals surface area contributed by atoms with E-state index in [0.717, 1.165) is 37.8 Å². The molecule has 1 amide bonds. The van der Waals surface area contributed by atoms with Gasteiger partial charge in [-0.15, -0.1) is 5.10 Å². The SMILES string of the molecule is CC(Sc1ncn(-c2ccccc2)n1)C(=O)NC1(C#N)CCCCC1. The summed E-state index contributed by atoms with van der Waals surface area (Å²) in [6.45, 7) is 1.82. The summed E-state index contributed by atoms with van der Waals surface area (Å²) >= 11 is 1.30. The summed E-state index contributed by atoms with van der Waals surface area (Å²) in [6, 6.07) is 12.0. The van der Waals surface area contributed by atoms with Gasteiger partial charge in [-0.2, -0.15) is 5.26 Å². The molecule has 1 N–H and O–H groups in total. The molecule has 1 saturated carbocycles. The number of carbonyl (C=O) groups is 1. The van der Waals surface area contributed by atoms with E-state index in [4.69, 9.17) is 0 Å². The fourth-order valence-corrected chi connectivity index (χ4v) is 3.70. The van der Waals surface area contributed by atoms with Gasteiger partial charge in [0.15, 0.2) is 0 Å². The number of benzene rings is 1. The van der Waals surface area contributed by atoms with Crippen molar-refractivity contribution in [2.75, 3.05) is 0 Å². The van der Waals surface area contributed by atoms with Crippen LogP contribution in [0.1, 0.15) is 39.0 Å². The van der Waals surface area contributed by atoms with Crippen molar-refractivity contribution >= 4 is 17.7 Å². The fourth-order valence-electron chi connectivity index (χ4n) is 2.98. The van der Waals surface area contributed by atoms with Gasteiger partial charge >= 0.3 is 0 Å². The van der Waals surface area contributed by atoms with Crippen LogP contribution in [0.5, 0.6) is 0 Å². The molecule has 25 heavy (non-hydrogen) atoms. The van der Waals surface area contributed by atoms with Gasteiger partial charge in [-0.25, -0.2) is 9.67 Å². The number of nitriles is 1. The van der Waals surface area contributed by atoms with Crippen LogP contribution in [0.4, 0.5) is 0 Å². The van der Waals surface area contributed by atoms with Crippen molar-refractivity contribution in [3.8, 4) is 11.8 Å². The average Bonchev–Trinajstić information content (AvgIpc) is 3.11. The quantitative estimate of drug-likeness (QED) is 0.833. The van der Waals surface area contributed by atoms with Gasteiger partial charge in [0.05, 0.1) is 17.0 Å². The summed E-state index contributed by atoms with van der Waals surface area (Å²) < 4.78 is 1.69. The maximum atomic E-state index is 12.5. The number of thioether (sulfide) groups is 1. The number of nitrogens with one attached hydrogen (secondary N) is 1. The molecule has 7 heteroatoms. The van der Waals surface area contributed by atoms with Gasteiger partial charge in [-0.1, -0.05) is 49.2 Å². The zero-order chi connectivity index (χ0) is 17.7. The van der Waals surface area contributed by atoms with Crippen molar-refractivity contribution in [1.82, 2.24) is 20.1 Å². The largest absolute Gasteiger partial charge is 0.337 e. The molecule has 3 rings (SSSR count). The number of carbonyl (C=O) groups excluding carboxylic acids is 1. The van der Waals surface area contributed by atoms with E-state index < -0.39 is 5.54 Å². The Morgan fingerprint density at radius 1 is 1.32 bits per heavy atom. The van der Waals surface area contributed by atoms with E-state index in [1.165, 1.54) is 11.8 Å². The molecule has 0 spiro atoms. The van der Waals surface area contributed by atoms with Crippen molar-refractivity contribution in [3.63, 3.8) is 0 Å². The van der Waals surface area contributed by atoms with E-state index in [1.54, 1.807) is 11.0 Å². The van der Waals surface area contributed by atoms with Crippen LogP contribution in [0.15, 0.2) is 41.8 Å². The minimum absolute atomic E-state index is 0.135. The first-order chi connectivity index (χ1) is 12.1. The van der Waals surface area contributed by atoms with Crippen molar-refractivity contribution in [2.24, 2.45) is 0 Å². The highest BCUT2D eigenvalue weighted by Crippen LogP contribution is 2.28. The van der Waals surface area contributed by atoms with E-state index in [0.29, 0.717) is 5.16 Å². The van der Waals surface area contributed by atoms with Gasteiger partial charge in [-0.3, -0.25) is 4.79 Å². The van der Waals surface area contributed by atoms with Gasteiger partial charge in [0.1, 0.15) is 11.9 Å². The van der Waals surface area contributed by atoms with Gasteiger partial charge < -0.3 is 5.32 Å². The van der Waals surface area contributed by atoms with Crippen LogP contribution in [0.25, 0.3) is 5.69 Å². The lowest BCUT2D eigenvalue weighted by Gasteiger charge is -2.32. The molecular formula is C18H21N5OS. The topological polar surface area (TPSA) is 83.6 Å². The lowest BCUT2D eigenvalue weighted by molar-refractivity contribution is -0.121. The molecule has 6 nitrogen and oxygen atoms in total. The second-order valence-electron chi connectivity index (χ2n) is 6.31. The Morgan fingerprint density at radius 2 is 2.04 bits per heavy atom. The van der Waals surface area contributed by atoms with Gasteiger partial charge in [0.25, 0.3) is 0 Å². The Kier molecular flexibility index (Phi) is 5.39. The summed E-state index contributed by atoms with van der Waals surface area (Å²) in [6.07, 6.45) is 6.20. The van der Waals surface area contributed by atoms with E-state index in [1.807, 2.05) is 37.3 Å². The maximum Gasteiger partial charge on any atom is 0.234 e. The highest BCUT2D eigenvalue weighted by atomic mass is 32.2. The highest BCUT2D eigenvalue weighted by Gasteiger charge is 2.35. The first-order valence-corrected chi connectivity index (χ1v) is 9.37. The van der Waals surface area contributed by atoms with Crippen molar-refractivity contribution in [2.45, 2.75) is 55.0 Å². The van der Waals surface area contributed by atoms with Crippen LogP contribution in [-0.2, 0) is 4.79 Å². The molecule has 2 aromatic rings. The van der Waals surface area contributed by atoms with Crippen LogP contribution < -0.4 is 5.32 Å². The number of hydrogen-bond donors (Lipinski definition) is 1. The first-order valence-electron chi connectivity index (χ1n) is 8.49. The monoisotopic (exact) mass is 355 g/mol. The second kappa shape index (κ2) is 7.70. The summed E-state index contributed by atoms with van der Waals surface area (Å²) in [5.74, 6) is -0.135.